The molecule has 0 saturated carbocycles. The van der Waals surface area contributed by atoms with Gasteiger partial charge in [0, 0.05) is 13.0 Å². The molecule has 0 aromatic heterocycles. The number of halogens is 3. The third-order valence-corrected chi connectivity index (χ3v) is 4.30. The minimum absolute atomic E-state index is 0.0749. The molecule has 0 radical (unpaired) electrons. The molecule has 2 atom stereocenters. The third kappa shape index (κ3) is 1.83. The first-order valence-electron chi connectivity index (χ1n) is 6.15. The van der Waals surface area contributed by atoms with Crippen LogP contribution in [0.25, 0.3) is 0 Å². The molecular formula is C12H18F3NO. The van der Waals surface area contributed by atoms with Crippen molar-refractivity contribution >= 4 is 5.91 Å². The molecule has 0 bridgehead atoms. The highest BCUT2D eigenvalue weighted by atomic mass is 19.4. The number of carbonyl (C=O) groups is 1. The van der Waals surface area contributed by atoms with Gasteiger partial charge in [-0.05, 0) is 31.1 Å². The molecule has 2 aliphatic rings. The van der Waals surface area contributed by atoms with Gasteiger partial charge in [0.15, 0.2) is 0 Å². The molecule has 2 rings (SSSR count). The van der Waals surface area contributed by atoms with Crippen LogP contribution in [-0.2, 0) is 4.79 Å². The van der Waals surface area contributed by atoms with E-state index in [0.29, 0.717) is 6.42 Å². The van der Waals surface area contributed by atoms with Crippen LogP contribution in [0, 0.1) is 11.8 Å². The molecule has 2 fully saturated rings. The molecule has 0 unspecified atom stereocenters. The molecule has 17 heavy (non-hydrogen) atoms. The molecule has 98 valence electrons. The standard InChI is InChI=1S/C12H18F3NO/c1-8(2)9-6-10(17)16-5-3-4-11(16,7-9)12(13,14)15/h8-9H,3-7H2,1-2H3/t9-,11-/m0/s1. The van der Waals surface area contributed by atoms with Gasteiger partial charge in [0.05, 0.1) is 0 Å². The Morgan fingerprint density at radius 1 is 1.41 bits per heavy atom. The summed E-state index contributed by atoms with van der Waals surface area (Å²) >= 11 is 0. The van der Waals surface area contributed by atoms with E-state index >= 15 is 0 Å². The number of carbonyl (C=O) groups excluding carboxylic acids is 1. The van der Waals surface area contributed by atoms with Crippen LogP contribution < -0.4 is 0 Å². The van der Waals surface area contributed by atoms with Crippen LogP contribution in [0.5, 0.6) is 0 Å². The summed E-state index contributed by atoms with van der Waals surface area (Å²) in [6.45, 7) is 4.06. The minimum Gasteiger partial charge on any atom is -0.328 e. The first-order valence-corrected chi connectivity index (χ1v) is 6.15. The van der Waals surface area contributed by atoms with Gasteiger partial charge in [-0.2, -0.15) is 13.2 Å². The average molecular weight is 249 g/mol. The smallest absolute Gasteiger partial charge is 0.328 e. The predicted molar refractivity (Wildman–Crippen MR) is 57.3 cm³/mol. The first kappa shape index (κ1) is 12.7. The minimum atomic E-state index is -4.30. The predicted octanol–water partition coefficient (Wildman–Crippen LogP) is 2.98. The lowest BCUT2D eigenvalue weighted by Gasteiger charge is -2.47. The molecule has 0 N–H and O–H groups in total. The Morgan fingerprint density at radius 2 is 2.06 bits per heavy atom. The second kappa shape index (κ2) is 3.89. The Morgan fingerprint density at radius 3 is 2.59 bits per heavy atom. The topological polar surface area (TPSA) is 20.3 Å². The van der Waals surface area contributed by atoms with E-state index in [9.17, 15) is 18.0 Å². The molecule has 2 aliphatic heterocycles. The van der Waals surface area contributed by atoms with Crippen LogP contribution in [0.3, 0.4) is 0 Å². The van der Waals surface area contributed by atoms with E-state index in [-0.39, 0.29) is 43.6 Å². The molecule has 0 aromatic carbocycles. The van der Waals surface area contributed by atoms with E-state index < -0.39 is 11.7 Å². The molecule has 0 spiro atoms. The molecule has 0 aliphatic carbocycles. The van der Waals surface area contributed by atoms with Gasteiger partial charge in [-0.1, -0.05) is 13.8 Å². The van der Waals surface area contributed by atoms with E-state index in [0.717, 1.165) is 4.90 Å². The summed E-state index contributed by atoms with van der Waals surface area (Å²) in [6, 6.07) is 0. The van der Waals surface area contributed by atoms with Crippen molar-refractivity contribution in [3.63, 3.8) is 0 Å². The van der Waals surface area contributed by atoms with Crippen molar-refractivity contribution in [1.82, 2.24) is 4.90 Å². The molecule has 2 saturated heterocycles. The number of alkyl halides is 3. The summed E-state index contributed by atoms with van der Waals surface area (Å²) in [7, 11) is 0. The summed E-state index contributed by atoms with van der Waals surface area (Å²) in [5, 5.41) is 0. The van der Waals surface area contributed by atoms with Crippen LogP contribution in [0.1, 0.15) is 39.5 Å². The summed E-state index contributed by atoms with van der Waals surface area (Å²) in [5.41, 5.74) is -1.86. The fourth-order valence-corrected chi connectivity index (χ4v) is 3.18. The molecule has 1 amide bonds. The van der Waals surface area contributed by atoms with E-state index in [1.165, 1.54) is 0 Å². The number of hydrogen-bond acceptors (Lipinski definition) is 1. The Hall–Kier alpha value is -0.740. The zero-order valence-electron chi connectivity index (χ0n) is 10.2. The van der Waals surface area contributed by atoms with Crippen LogP contribution in [0.4, 0.5) is 13.2 Å². The maximum absolute atomic E-state index is 13.3. The van der Waals surface area contributed by atoms with Gasteiger partial charge in [-0.25, -0.2) is 0 Å². The molecule has 5 heteroatoms. The fourth-order valence-electron chi connectivity index (χ4n) is 3.18. The summed E-state index contributed by atoms with van der Waals surface area (Å²) in [4.78, 5) is 13.0. The van der Waals surface area contributed by atoms with Crippen molar-refractivity contribution in [3.8, 4) is 0 Å². The van der Waals surface area contributed by atoms with E-state index in [1.54, 1.807) is 0 Å². The van der Waals surface area contributed by atoms with Gasteiger partial charge in [0.1, 0.15) is 5.54 Å². The van der Waals surface area contributed by atoms with Crippen LogP contribution in [0.2, 0.25) is 0 Å². The van der Waals surface area contributed by atoms with Crippen molar-refractivity contribution in [2.24, 2.45) is 11.8 Å². The van der Waals surface area contributed by atoms with E-state index in [2.05, 4.69) is 0 Å². The Bertz CT molecular complexity index is 326. The number of rotatable bonds is 1. The van der Waals surface area contributed by atoms with E-state index in [1.807, 2.05) is 13.8 Å². The molecular weight excluding hydrogens is 231 g/mol. The second-order valence-electron chi connectivity index (χ2n) is 5.59. The lowest BCUT2D eigenvalue weighted by atomic mass is 9.75. The highest BCUT2D eigenvalue weighted by Crippen LogP contribution is 2.51. The number of nitrogens with zero attached hydrogens (tertiary/aromatic N) is 1. The zero-order chi connectivity index (χ0) is 12.8. The summed E-state index contributed by atoms with van der Waals surface area (Å²) in [6.07, 6.45) is -3.40. The first-order chi connectivity index (χ1) is 7.78. The van der Waals surface area contributed by atoms with Gasteiger partial charge in [-0.3, -0.25) is 4.79 Å². The lowest BCUT2D eigenvalue weighted by molar-refractivity contribution is -0.236. The molecule has 2 nitrogen and oxygen atoms in total. The van der Waals surface area contributed by atoms with Crippen LogP contribution in [-0.4, -0.2) is 29.1 Å². The van der Waals surface area contributed by atoms with Gasteiger partial charge < -0.3 is 4.90 Å². The van der Waals surface area contributed by atoms with Gasteiger partial charge in [0.25, 0.3) is 0 Å². The van der Waals surface area contributed by atoms with Crippen molar-refractivity contribution in [1.29, 1.82) is 0 Å². The quantitative estimate of drug-likeness (QED) is 0.699. The van der Waals surface area contributed by atoms with Gasteiger partial charge in [-0.15, -0.1) is 0 Å². The number of amides is 1. The Balaban J connectivity index is 2.35. The second-order valence-corrected chi connectivity index (χ2v) is 5.59. The maximum Gasteiger partial charge on any atom is 0.411 e. The van der Waals surface area contributed by atoms with E-state index in [4.69, 9.17) is 0 Å². The number of fused-ring (bicyclic) bond motifs is 1. The SMILES string of the molecule is CC(C)[C@H]1CC(=O)N2CCC[C@@]2(C(F)(F)F)C1. The Labute approximate surface area is 99.2 Å². The van der Waals surface area contributed by atoms with Gasteiger partial charge in [0.2, 0.25) is 5.91 Å². The fraction of sp³-hybridized carbons (Fsp3) is 0.917. The van der Waals surface area contributed by atoms with Crippen LogP contribution >= 0.6 is 0 Å². The summed E-state index contributed by atoms with van der Waals surface area (Å²) < 4.78 is 39.9. The lowest BCUT2D eigenvalue weighted by Crippen LogP contribution is -2.61. The zero-order valence-corrected chi connectivity index (χ0v) is 10.2. The highest BCUT2D eigenvalue weighted by molar-refractivity contribution is 5.79. The van der Waals surface area contributed by atoms with Crippen molar-refractivity contribution < 1.29 is 18.0 Å². The summed E-state index contributed by atoms with van der Waals surface area (Å²) in [5.74, 6) is -0.329. The molecule has 0 aromatic rings. The van der Waals surface area contributed by atoms with Crippen molar-refractivity contribution in [2.45, 2.75) is 51.2 Å². The third-order valence-electron chi connectivity index (χ3n) is 4.30. The van der Waals surface area contributed by atoms with Crippen LogP contribution in [0.15, 0.2) is 0 Å². The molecule has 2 heterocycles. The monoisotopic (exact) mass is 249 g/mol. The number of piperidine rings is 1. The van der Waals surface area contributed by atoms with Crippen molar-refractivity contribution in [2.75, 3.05) is 6.54 Å². The highest BCUT2D eigenvalue weighted by Gasteiger charge is 2.64. The largest absolute Gasteiger partial charge is 0.411 e. The number of hydrogen-bond donors (Lipinski definition) is 0. The maximum atomic E-state index is 13.3. The normalized spacial score (nSPS) is 34.4. The average Bonchev–Trinajstić information content (AvgIpc) is 2.61. The van der Waals surface area contributed by atoms with Gasteiger partial charge >= 0.3 is 6.18 Å². The Kier molecular flexibility index (Phi) is 2.91. The van der Waals surface area contributed by atoms with Crippen molar-refractivity contribution in [3.05, 3.63) is 0 Å².